The molecule has 0 amide bonds. The molecule has 0 radical (unpaired) electrons. The van der Waals surface area contributed by atoms with Crippen molar-refractivity contribution in [2.24, 2.45) is 0 Å². The van der Waals surface area contributed by atoms with E-state index >= 15 is 0 Å². The molecule has 1 saturated heterocycles. The van der Waals surface area contributed by atoms with Gasteiger partial charge in [-0.3, -0.25) is 0 Å². The SMILES string of the molecule is Cl.[CH2-]CCC1OCCO1.[CH3-].[Mg+2]. The Morgan fingerprint density at radius 3 is 2.09 bits per heavy atom. The van der Waals surface area contributed by atoms with E-state index in [2.05, 4.69) is 6.92 Å². The molecule has 11 heavy (non-hydrogen) atoms. The molecule has 2 nitrogen and oxygen atoms in total. The summed E-state index contributed by atoms with van der Waals surface area (Å²) in [6, 6.07) is 0. The van der Waals surface area contributed by atoms with Crippen molar-refractivity contribution in [3.63, 3.8) is 0 Å². The van der Waals surface area contributed by atoms with Gasteiger partial charge in [0.05, 0.1) is 13.2 Å². The zero-order chi connectivity index (χ0) is 5.82. The normalized spacial score (nSPS) is 16.1. The summed E-state index contributed by atoms with van der Waals surface area (Å²) in [5.41, 5.74) is 0. The maximum atomic E-state index is 5.13. The largest absolute Gasteiger partial charge is 2.00 e. The second-order valence-corrected chi connectivity index (χ2v) is 1.81. The van der Waals surface area contributed by atoms with Crippen LogP contribution in [0.4, 0.5) is 0 Å². The molecule has 64 valence electrons. The second kappa shape index (κ2) is 11.0. The van der Waals surface area contributed by atoms with Gasteiger partial charge in [0.2, 0.25) is 0 Å². The maximum Gasteiger partial charge on any atom is 2.00 e. The summed E-state index contributed by atoms with van der Waals surface area (Å²) < 4.78 is 10.3. The number of ether oxygens (including phenoxy) is 2. The summed E-state index contributed by atoms with van der Waals surface area (Å²) in [7, 11) is 0. The number of rotatable bonds is 2. The van der Waals surface area contributed by atoms with Gasteiger partial charge in [-0.1, -0.05) is 0 Å². The minimum atomic E-state index is 0. The average molecular weight is 191 g/mol. The van der Waals surface area contributed by atoms with Gasteiger partial charge in [0, 0.05) is 0 Å². The molecule has 1 aliphatic heterocycles. The zero-order valence-electron chi connectivity index (χ0n) is 7.04. The Balaban J connectivity index is -0.000000213. The Labute approximate surface area is 91.6 Å². The molecule has 0 aliphatic carbocycles. The van der Waals surface area contributed by atoms with E-state index in [4.69, 9.17) is 9.47 Å². The van der Waals surface area contributed by atoms with Crippen LogP contribution in [0, 0.1) is 14.4 Å². The third kappa shape index (κ3) is 7.34. The summed E-state index contributed by atoms with van der Waals surface area (Å²) in [6.45, 7) is 5.20. The van der Waals surface area contributed by atoms with Gasteiger partial charge < -0.3 is 23.8 Å². The van der Waals surface area contributed by atoms with E-state index in [1.54, 1.807) is 0 Å². The van der Waals surface area contributed by atoms with Crippen molar-refractivity contribution < 1.29 is 9.47 Å². The predicted octanol–water partition coefficient (Wildman–Crippen LogP) is 1.46. The minimum absolute atomic E-state index is 0. The van der Waals surface area contributed by atoms with Crippen LogP contribution in [-0.4, -0.2) is 42.6 Å². The summed E-state index contributed by atoms with van der Waals surface area (Å²) in [4.78, 5) is 0. The third-order valence-corrected chi connectivity index (χ3v) is 1.13. The van der Waals surface area contributed by atoms with Gasteiger partial charge in [-0.05, 0) is 6.42 Å². The first-order valence-electron chi connectivity index (χ1n) is 2.96. The molecule has 0 atom stereocenters. The molecule has 0 saturated carbocycles. The Bertz CT molecular complexity index is 67.5. The van der Waals surface area contributed by atoms with Crippen molar-refractivity contribution in [2.75, 3.05) is 13.2 Å². The fraction of sp³-hybridized carbons (Fsp3) is 0.714. The first kappa shape index (κ1) is 17.9. The van der Waals surface area contributed by atoms with Crippen LogP contribution < -0.4 is 0 Å². The van der Waals surface area contributed by atoms with Gasteiger partial charge >= 0.3 is 23.1 Å². The molecule has 0 aromatic carbocycles. The molecule has 0 aromatic heterocycles. The van der Waals surface area contributed by atoms with Crippen molar-refractivity contribution in [2.45, 2.75) is 19.1 Å². The first-order chi connectivity index (χ1) is 3.93. The fourth-order valence-corrected chi connectivity index (χ4v) is 0.741. The van der Waals surface area contributed by atoms with Gasteiger partial charge in [-0.15, -0.1) is 12.4 Å². The third-order valence-electron chi connectivity index (χ3n) is 1.13. The minimum Gasteiger partial charge on any atom is -0.358 e. The summed E-state index contributed by atoms with van der Waals surface area (Å²) in [6.07, 6.45) is 1.87. The molecule has 1 aliphatic rings. The quantitative estimate of drug-likeness (QED) is 0.485. The maximum absolute atomic E-state index is 5.13. The number of hydrogen-bond acceptors (Lipinski definition) is 2. The van der Waals surface area contributed by atoms with Crippen LogP contribution in [0.25, 0.3) is 0 Å². The van der Waals surface area contributed by atoms with E-state index < -0.39 is 0 Å². The molecule has 1 rings (SSSR count). The van der Waals surface area contributed by atoms with Gasteiger partial charge in [-0.25, -0.2) is 0 Å². The summed E-state index contributed by atoms with van der Waals surface area (Å²) in [5.74, 6) is 0. The van der Waals surface area contributed by atoms with Gasteiger partial charge in [0.25, 0.3) is 0 Å². The van der Waals surface area contributed by atoms with E-state index in [9.17, 15) is 0 Å². The van der Waals surface area contributed by atoms with Crippen LogP contribution in [-0.2, 0) is 9.47 Å². The second-order valence-electron chi connectivity index (χ2n) is 1.81. The Kier molecular flexibility index (Phi) is 17.9. The monoisotopic (exact) mass is 190 g/mol. The topological polar surface area (TPSA) is 18.5 Å². The molecular formula is C7H15ClMgO2. The number of hydrogen-bond donors (Lipinski definition) is 0. The van der Waals surface area contributed by atoms with Crippen molar-refractivity contribution in [3.8, 4) is 0 Å². The van der Waals surface area contributed by atoms with Crippen LogP contribution >= 0.6 is 12.4 Å². The molecule has 0 bridgehead atoms. The molecular weight excluding hydrogens is 176 g/mol. The van der Waals surface area contributed by atoms with Crippen LogP contribution in [0.5, 0.6) is 0 Å². The molecule has 4 heteroatoms. The van der Waals surface area contributed by atoms with Crippen molar-refractivity contribution in [1.82, 2.24) is 0 Å². The van der Waals surface area contributed by atoms with Crippen molar-refractivity contribution in [3.05, 3.63) is 14.4 Å². The van der Waals surface area contributed by atoms with E-state index in [0.29, 0.717) is 0 Å². The van der Waals surface area contributed by atoms with Crippen molar-refractivity contribution >= 4 is 35.5 Å². The molecule has 0 unspecified atom stereocenters. The summed E-state index contributed by atoms with van der Waals surface area (Å²) in [5, 5.41) is 0. The van der Waals surface area contributed by atoms with Gasteiger partial charge in [-0.2, -0.15) is 6.42 Å². The van der Waals surface area contributed by atoms with E-state index in [-0.39, 0.29) is 49.2 Å². The predicted molar refractivity (Wildman–Crippen MR) is 49.7 cm³/mol. The average Bonchev–Trinajstić information content (AvgIpc) is 2.19. The van der Waals surface area contributed by atoms with Gasteiger partial charge in [0.15, 0.2) is 6.29 Å². The van der Waals surface area contributed by atoms with E-state index in [0.717, 1.165) is 26.1 Å². The van der Waals surface area contributed by atoms with Crippen LogP contribution in [0.15, 0.2) is 0 Å². The molecule has 1 heterocycles. The molecule has 1 fully saturated rings. The van der Waals surface area contributed by atoms with E-state index in [1.807, 2.05) is 0 Å². The van der Waals surface area contributed by atoms with Gasteiger partial charge in [0.1, 0.15) is 0 Å². The fourth-order valence-electron chi connectivity index (χ4n) is 0.741. The van der Waals surface area contributed by atoms with Crippen molar-refractivity contribution in [1.29, 1.82) is 0 Å². The first-order valence-corrected chi connectivity index (χ1v) is 2.96. The standard InChI is InChI=1S/C6H11O2.CH3.ClH.Mg/c1-2-3-6-7-4-5-8-6;;;/h6H,1-5H2;1H3;1H;/q2*-1;;+2. The zero-order valence-corrected chi connectivity index (χ0v) is 9.28. The van der Waals surface area contributed by atoms with Crippen LogP contribution in [0.3, 0.4) is 0 Å². The summed E-state index contributed by atoms with van der Waals surface area (Å²) >= 11 is 0. The van der Waals surface area contributed by atoms with Crippen LogP contribution in [0.2, 0.25) is 0 Å². The Morgan fingerprint density at radius 1 is 1.27 bits per heavy atom. The Morgan fingerprint density at radius 2 is 1.73 bits per heavy atom. The molecule has 0 N–H and O–H groups in total. The number of halogens is 1. The van der Waals surface area contributed by atoms with Crippen LogP contribution in [0.1, 0.15) is 12.8 Å². The Hall–Kier alpha value is 0.976. The van der Waals surface area contributed by atoms with E-state index in [1.165, 1.54) is 0 Å². The molecule has 0 spiro atoms. The smallest absolute Gasteiger partial charge is 0.358 e. The molecule has 0 aromatic rings.